The van der Waals surface area contributed by atoms with Crippen LogP contribution in [-0.4, -0.2) is 34.4 Å². The molecule has 2 rings (SSSR count). The second kappa shape index (κ2) is 7.00. The lowest BCUT2D eigenvalue weighted by Crippen LogP contribution is -2.38. The molecular formula is C17H22N2OS. The quantitative estimate of drug-likeness (QED) is 0.861. The molecule has 1 aliphatic heterocycles. The molecular weight excluding hydrogens is 280 g/mol. The fraction of sp³-hybridized carbons (Fsp3) is 0.529. The lowest BCUT2D eigenvalue weighted by molar-refractivity contribution is -0.133. The summed E-state index contributed by atoms with van der Waals surface area (Å²) in [5.74, 6) is 0.362. The minimum absolute atomic E-state index is 0.0142. The van der Waals surface area contributed by atoms with E-state index in [9.17, 15) is 10.1 Å². The van der Waals surface area contributed by atoms with Gasteiger partial charge in [0.25, 0.3) is 0 Å². The standard InChI is InChI=1S/C17H22N2OS/c1-17(2)8-9-19(10-11-21-17)16(20)15(13-18)12-14-6-4-3-5-7-14/h3-7,15H,8-12H2,1-2H3. The van der Waals surface area contributed by atoms with Crippen LogP contribution in [0.5, 0.6) is 0 Å². The molecule has 1 unspecified atom stereocenters. The molecule has 1 aromatic rings. The fourth-order valence-electron chi connectivity index (χ4n) is 2.50. The van der Waals surface area contributed by atoms with Gasteiger partial charge >= 0.3 is 0 Å². The van der Waals surface area contributed by atoms with Gasteiger partial charge in [0.05, 0.1) is 6.07 Å². The lowest BCUT2D eigenvalue weighted by Gasteiger charge is -2.24. The van der Waals surface area contributed by atoms with Crippen molar-refractivity contribution in [2.45, 2.75) is 31.4 Å². The lowest BCUT2D eigenvalue weighted by atomic mass is 9.99. The van der Waals surface area contributed by atoms with E-state index in [2.05, 4.69) is 19.9 Å². The SMILES string of the molecule is CC1(C)CCN(C(=O)C(C#N)Cc2ccccc2)CCS1. The highest BCUT2D eigenvalue weighted by Gasteiger charge is 2.29. The molecule has 3 nitrogen and oxygen atoms in total. The average Bonchev–Trinajstić information content (AvgIpc) is 2.66. The maximum absolute atomic E-state index is 12.6. The van der Waals surface area contributed by atoms with E-state index < -0.39 is 5.92 Å². The fourth-order valence-corrected chi connectivity index (χ4v) is 3.60. The third-order valence-corrected chi connectivity index (χ3v) is 5.26. The van der Waals surface area contributed by atoms with Gasteiger partial charge in [-0.2, -0.15) is 17.0 Å². The molecule has 21 heavy (non-hydrogen) atoms. The first kappa shape index (κ1) is 15.9. The summed E-state index contributed by atoms with van der Waals surface area (Å²) in [6.45, 7) is 5.94. The van der Waals surface area contributed by atoms with Crippen LogP contribution >= 0.6 is 11.8 Å². The molecule has 1 saturated heterocycles. The van der Waals surface area contributed by atoms with Crippen LogP contribution in [0.3, 0.4) is 0 Å². The van der Waals surface area contributed by atoms with Crippen LogP contribution in [0.1, 0.15) is 25.8 Å². The van der Waals surface area contributed by atoms with Crippen LogP contribution < -0.4 is 0 Å². The Kier molecular flexibility index (Phi) is 5.30. The summed E-state index contributed by atoms with van der Waals surface area (Å²) in [6, 6.07) is 12.0. The largest absolute Gasteiger partial charge is 0.341 e. The molecule has 1 heterocycles. The molecule has 112 valence electrons. The Balaban J connectivity index is 2.01. The molecule has 4 heteroatoms. The van der Waals surface area contributed by atoms with Gasteiger partial charge in [0.2, 0.25) is 5.91 Å². The van der Waals surface area contributed by atoms with E-state index in [-0.39, 0.29) is 10.7 Å². The number of hydrogen-bond acceptors (Lipinski definition) is 3. The number of rotatable bonds is 3. The molecule has 0 saturated carbocycles. The van der Waals surface area contributed by atoms with Crippen LogP contribution in [0.15, 0.2) is 30.3 Å². The molecule has 0 aromatic heterocycles. The Labute approximate surface area is 131 Å². The Hall–Kier alpha value is -1.47. The van der Waals surface area contributed by atoms with E-state index in [1.54, 1.807) is 0 Å². The van der Waals surface area contributed by atoms with Crippen molar-refractivity contribution >= 4 is 17.7 Å². The Morgan fingerprint density at radius 3 is 2.76 bits per heavy atom. The van der Waals surface area contributed by atoms with Crippen LogP contribution in [-0.2, 0) is 11.2 Å². The summed E-state index contributed by atoms with van der Waals surface area (Å²) in [6.07, 6.45) is 1.48. The first-order valence-corrected chi connectivity index (χ1v) is 8.37. The van der Waals surface area contributed by atoms with Gasteiger partial charge < -0.3 is 4.90 Å². The Morgan fingerprint density at radius 1 is 1.38 bits per heavy atom. The van der Waals surface area contributed by atoms with Crippen LogP contribution in [0.4, 0.5) is 0 Å². The number of amides is 1. The zero-order valence-electron chi connectivity index (χ0n) is 12.7. The summed E-state index contributed by atoms with van der Waals surface area (Å²) in [5.41, 5.74) is 1.04. The minimum Gasteiger partial charge on any atom is -0.341 e. The molecule has 1 amide bonds. The van der Waals surface area contributed by atoms with Crippen molar-refractivity contribution in [3.63, 3.8) is 0 Å². The van der Waals surface area contributed by atoms with Crippen molar-refractivity contribution < 1.29 is 4.79 Å². The van der Waals surface area contributed by atoms with Crippen LogP contribution in [0.2, 0.25) is 0 Å². The zero-order chi connectivity index (χ0) is 15.3. The molecule has 0 bridgehead atoms. The van der Waals surface area contributed by atoms with Crippen molar-refractivity contribution in [3.05, 3.63) is 35.9 Å². The van der Waals surface area contributed by atoms with Gasteiger partial charge in [-0.1, -0.05) is 44.2 Å². The Morgan fingerprint density at radius 2 is 2.10 bits per heavy atom. The predicted octanol–water partition coefficient (Wildman–Crippen LogP) is 3.11. The van der Waals surface area contributed by atoms with Crippen molar-refractivity contribution in [2.75, 3.05) is 18.8 Å². The smallest absolute Gasteiger partial charge is 0.240 e. The number of nitriles is 1. The van der Waals surface area contributed by atoms with E-state index >= 15 is 0 Å². The second-order valence-electron chi connectivity index (χ2n) is 6.05. The summed E-state index contributed by atoms with van der Waals surface area (Å²) in [4.78, 5) is 14.5. The number of carbonyl (C=O) groups is 1. The first-order valence-electron chi connectivity index (χ1n) is 7.38. The highest BCUT2D eigenvalue weighted by molar-refractivity contribution is 8.00. The monoisotopic (exact) mass is 302 g/mol. The maximum atomic E-state index is 12.6. The van der Waals surface area contributed by atoms with Gasteiger partial charge in [0.15, 0.2) is 0 Å². The second-order valence-corrected chi connectivity index (χ2v) is 7.86. The molecule has 0 radical (unpaired) electrons. The van der Waals surface area contributed by atoms with E-state index in [4.69, 9.17) is 0 Å². The molecule has 1 aliphatic rings. The van der Waals surface area contributed by atoms with Gasteiger partial charge in [-0.05, 0) is 18.4 Å². The molecule has 1 atom stereocenters. The van der Waals surface area contributed by atoms with E-state index in [0.29, 0.717) is 6.42 Å². The minimum atomic E-state index is -0.571. The zero-order valence-corrected chi connectivity index (χ0v) is 13.5. The topological polar surface area (TPSA) is 44.1 Å². The van der Waals surface area contributed by atoms with E-state index in [1.807, 2.05) is 47.0 Å². The van der Waals surface area contributed by atoms with Gasteiger partial charge in [-0.25, -0.2) is 0 Å². The number of thioether (sulfide) groups is 1. The highest BCUT2D eigenvalue weighted by Crippen LogP contribution is 2.31. The number of carbonyl (C=O) groups excluding carboxylic acids is 1. The summed E-state index contributed by atoms with van der Waals surface area (Å²) in [7, 11) is 0. The molecule has 0 aliphatic carbocycles. The van der Waals surface area contributed by atoms with E-state index in [0.717, 1.165) is 30.8 Å². The summed E-state index contributed by atoms with van der Waals surface area (Å²) >= 11 is 1.91. The van der Waals surface area contributed by atoms with Crippen molar-refractivity contribution in [3.8, 4) is 6.07 Å². The van der Waals surface area contributed by atoms with E-state index in [1.165, 1.54) is 0 Å². The maximum Gasteiger partial charge on any atom is 0.240 e. The van der Waals surface area contributed by atoms with Crippen molar-refractivity contribution in [1.82, 2.24) is 4.90 Å². The number of hydrogen-bond donors (Lipinski definition) is 0. The van der Waals surface area contributed by atoms with Gasteiger partial charge in [-0.3, -0.25) is 4.79 Å². The third-order valence-electron chi connectivity index (χ3n) is 3.89. The normalized spacial score (nSPS) is 19.4. The van der Waals surface area contributed by atoms with Crippen LogP contribution in [0, 0.1) is 17.2 Å². The summed E-state index contributed by atoms with van der Waals surface area (Å²) in [5, 5.41) is 9.36. The predicted molar refractivity (Wildman–Crippen MR) is 87.0 cm³/mol. The third kappa shape index (κ3) is 4.50. The van der Waals surface area contributed by atoms with Gasteiger partial charge in [0, 0.05) is 23.6 Å². The van der Waals surface area contributed by atoms with Crippen molar-refractivity contribution in [1.29, 1.82) is 5.26 Å². The molecule has 1 fully saturated rings. The molecule has 0 spiro atoms. The van der Waals surface area contributed by atoms with Crippen molar-refractivity contribution in [2.24, 2.45) is 5.92 Å². The molecule has 1 aromatic carbocycles. The number of nitrogens with zero attached hydrogens (tertiary/aromatic N) is 2. The number of benzene rings is 1. The molecule has 0 N–H and O–H groups in total. The first-order chi connectivity index (χ1) is 10.0. The van der Waals surface area contributed by atoms with Crippen LogP contribution in [0.25, 0.3) is 0 Å². The van der Waals surface area contributed by atoms with Gasteiger partial charge in [0.1, 0.15) is 5.92 Å². The van der Waals surface area contributed by atoms with Gasteiger partial charge in [-0.15, -0.1) is 0 Å². The highest BCUT2D eigenvalue weighted by atomic mass is 32.2. The average molecular weight is 302 g/mol. The summed E-state index contributed by atoms with van der Waals surface area (Å²) < 4.78 is 0.219. The Bertz CT molecular complexity index is 521.